The van der Waals surface area contributed by atoms with Crippen molar-refractivity contribution >= 4 is 0 Å². The monoisotopic (exact) mass is 175 g/mol. The summed E-state index contributed by atoms with van der Waals surface area (Å²) >= 11 is 0. The predicted octanol–water partition coefficient (Wildman–Crippen LogP) is 1.10. The van der Waals surface area contributed by atoms with Gasteiger partial charge in [-0.05, 0) is 12.8 Å². The molecule has 0 spiro atoms. The molecule has 0 amide bonds. The summed E-state index contributed by atoms with van der Waals surface area (Å²) in [7, 11) is 0. The molecule has 1 aliphatic carbocycles. The highest BCUT2D eigenvalue weighted by Crippen LogP contribution is 2.36. The third-order valence-corrected chi connectivity index (χ3v) is 2.77. The largest absolute Gasteiger partial charge is 0.396 e. The van der Waals surface area contributed by atoms with E-state index in [1.54, 1.807) is 0 Å². The number of aliphatic hydroxyl groups excluding tert-OH is 1. The number of rotatable bonds is 5. The lowest BCUT2D eigenvalue weighted by Crippen LogP contribution is -2.35. The number of hydrogen-bond acceptors (Lipinski definition) is 2. The molecule has 1 aliphatic rings. The minimum Gasteiger partial charge on any atom is -0.396 e. The lowest BCUT2D eigenvalue weighted by Gasteiger charge is -2.26. The first-order valence-corrected chi connectivity index (χ1v) is 4.70. The van der Waals surface area contributed by atoms with E-state index in [4.69, 9.17) is 0 Å². The highest BCUT2D eigenvalue weighted by atomic mass is 19.1. The Balaban J connectivity index is 2.24. The van der Waals surface area contributed by atoms with Gasteiger partial charge in [0.2, 0.25) is 0 Å². The van der Waals surface area contributed by atoms with Gasteiger partial charge in [0.15, 0.2) is 0 Å². The molecular weight excluding hydrogens is 157 g/mol. The summed E-state index contributed by atoms with van der Waals surface area (Å²) < 4.78 is 11.8. The van der Waals surface area contributed by atoms with Crippen LogP contribution in [-0.2, 0) is 0 Å². The van der Waals surface area contributed by atoms with E-state index in [0.717, 1.165) is 19.4 Å². The molecule has 0 aromatic rings. The molecule has 72 valence electrons. The van der Waals surface area contributed by atoms with Gasteiger partial charge in [-0.3, -0.25) is 0 Å². The second kappa shape index (κ2) is 4.77. The highest BCUT2D eigenvalue weighted by molar-refractivity contribution is 4.85. The summed E-state index contributed by atoms with van der Waals surface area (Å²) in [6.45, 7) is 1.11. The van der Waals surface area contributed by atoms with E-state index in [1.807, 2.05) is 0 Å². The Kier molecular flexibility index (Phi) is 3.95. The predicted molar refractivity (Wildman–Crippen MR) is 46.8 cm³/mol. The third kappa shape index (κ3) is 2.42. The molecule has 12 heavy (non-hydrogen) atoms. The van der Waals surface area contributed by atoms with Crippen LogP contribution in [-0.4, -0.2) is 31.5 Å². The molecule has 0 saturated heterocycles. The topological polar surface area (TPSA) is 32.3 Å². The van der Waals surface area contributed by atoms with Crippen molar-refractivity contribution in [2.24, 2.45) is 5.41 Å². The van der Waals surface area contributed by atoms with Crippen molar-refractivity contribution in [1.82, 2.24) is 5.32 Å². The van der Waals surface area contributed by atoms with E-state index in [0.29, 0.717) is 6.54 Å². The van der Waals surface area contributed by atoms with Crippen LogP contribution < -0.4 is 5.32 Å². The fourth-order valence-electron chi connectivity index (χ4n) is 1.94. The first kappa shape index (κ1) is 9.93. The summed E-state index contributed by atoms with van der Waals surface area (Å²) in [6.07, 6.45) is 4.58. The van der Waals surface area contributed by atoms with Crippen molar-refractivity contribution in [1.29, 1.82) is 0 Å². The summed E-state index contributed by atoms with van der Waals surface area (Å²) in [5.41, 5.74) is 0.0647. The van der Waals surface area contributed by atoms with Gasteiger partial charge in [0, 0.05) is 25.1 Å². The zero-order valence-electron chi connectivity index (χ0n) is 7.48. The number of alkyl halides is 1. The average Bonchev–Trinajstić information content (AvgIpc) is 2.55. The Morgan fingerprint density at radius 3 is 2.50 bits per heavy atom. The normalized spacial score (nSPS) is 21.5. The van der Waals surface area contributed by atoms with E-state index >= 15 is 0 Å². The van der Waals surface area contributed by atoms with E-state index < -0.39 is 0 Å². The van der Waals surface area contributed by atoms with Crippen LogP contribution in [0.5, 0.6) is 0 Å². The molecule has 3 heteroatoms. The molecule has 0 aromatic carbocycles. The van der Waals surface area contributed by atoms with Gasteiger partial charge in [0.05, 0.1) is 0 Å². The van der Waals surface area contributed by atoms with Gasteiger partial charge < -0.3 is 10.4 Å². The maximum absolute atomic E-state index is 11.8. The van der Waals surface area contributed by atoms with Crippen LogP contribution in [0.15, 0.2) is 0 Å². The molecule has 2 nitrogen and oxygen atoms in total. The van der Waals surface area contributed by atoms with Crippen LogP contribution in [0.25, 0.3) is 0 Å². The molecule has 0 bridgehead atoms. The SMILES string of the molecule is OCC1(CNCCF)CCCC1. The summed E-state index contributed by atoms with van der Waals surface area (Å²) in [4.78, 5) is 0. The Bertz CT molecular complexity index is 124. The lowest BCUT2D eigenvalue weighted by molar-refractivity contribution is 0.128. The molecule has 0 aliphatic heterocycles. The van der Waals surface area contributed by atoms with E-state index in [-0.39, 0.29) is 18.7 Å². The van der Waals surface area contributed by atoms with Gasteiger partial charge >= 0.3 is 0 Å². The second-order valence-electron chi connectivity index (χ2n) is 3.73. The smallest absolute Gasteiger partial charge is 0.102 e. The standard InChI is InChI=1S/C9H18FNO/c10-5-6-11-7-9(8-12)3-1-2-4-9/h11-12H,1-8H2. The maximum atomic E-state index is 11.8. The molecule has 0 atom stereocenters. The Morgan fingerprint density at radius 2 is 2.00 bits per heavy atom. The zero-order valence-corrected chi connectivity index (χ0v) is 7.48. The molecule has 0 radical (unpaired) electrons. The molecule has 0 unspecified atom stereocenters. The number of aliphatic hydroxyl groups is 1. The number of halogens is 1. The van der Waals surface area contributed by atoms with Gasteiger partial charge in [-0.1, -0.05) is 12.8 Å². The first-order chi connectivity index (χ1) is 5.83. The van der Waals surface area contributed by atoms with Crippen molar-refractivity contribution < 1.29 is 9.50 Å². The summed E-state index contributed by atoms with van der Waals surface area (Å²) in [5, 5.41) is 12.2. The van der Waals surface area contributed by atoms with Crippen molar-refractivity contribution in [3.63, 3.8) is 0 Å². The Hall–Kier alpha value is -0.150. The average molecular weight is 175 g/mol. The number of nitrogens with one attached hydrogen (secondary N) is 1. The molecule has 1 rings (SSSR count). The molecule has 0 aromatic heterocycles. The Labute approximate surface area is 73.2 Å². The second-order valence-corrected chi connectivity index (χ2v) is 3.73. The van der Waals surface area contributed by atoms with E-state index in [2.05, 4.69) is 5.32 Å². The van der Waals surface area contributed by atoms with Gasteiger partial charge in [-0.15, -0.1) is 0 Å². The Morgan fingerprint density at radius 1 is 1.33 bits per heavy atom. The van der Waals surface area contributed by atoms with Gasteiger partial charge in [0.1, 0.15) is 6.67 Å². The van der Waals surface area contributed by atoms with Crippen LogP contribution in [0.1, 0.15) is 25.7 Å². The van der Waals surface area contributed by atoms with Crippen molar-refractivity contribution in [2.45, 2.75) is 25.7 Å². The molecule has 0 heterocycles. The van der Waals surface area contributed by atoms with Crippen molar-refractivity contribution in [2.75, 3.05) is 26.4 Å². The summed E-state index contributed by atoms with van der Waals surface area (Å²) in [5.74, 6) is 0. The third-order valence-electron chi connectivity index (χ3n) is 2.77. The van der Waals surface area contributed by atoms with Crippen molar-refractivity contribution in [3.05, 3.63) is 0 Å². The number of hydrogen-bond donors (Lipinski definition) is 2. The molecule has 1 saturated carbocycles. The fourth-order valence-corrected chi connectivity index (χ4v) is 1.94. The van der Waals surface area contributed by atoms with Gasteiger partial charge in [-0.25, -0.2) is 4.39 Å². The maximum Gasteiger partial charge on any atom is 0.102 e. The van der Waals surface area contributed by atoms with Crippen LogP contribution >= 0.6 is 0 Å². The van der Waals surface area contributed by atoms with Crippen molar-refractivity contribution in [3.8, 4) is 0 Å². The van der Waals surface area contributed by atoms with Crippen LogP contribution in [0.4, 0.5) is 4.39 Å². The first-order valence-electron chi connectivity index (χ1n) is 4.70. The van der Waals surface area contributed by atoms with Crippen LogP contribution in [0.3, 0.4) is 0 Å². The van der Waals surface area contributed by atoms with Gasteiger partial charge in [-0.2, -0.15) is 0 Å². The zero-order chi connectivity index (χ0) is 8.86. The quantitative estimate of drug-likeness (QED) is 0.613. The molecule has 1 fully saturated rings. The highest BCUT2D eigenvalue weighted by Gasteiger charge is 2.32. The lowest BCUT2D eigenvalue weighted by atomic mass is 9.87. The minimum atomic E-state index is -0.318. The molecule has 2 N–H and O–H groups in total. The van der Waals surface area contributed by atoms with E-state index in [1.165, 1.54) is 12.8 Å². The van der Waals surface area contributed by atoms with Crippen LogP contribution in [0.2, 0.25) is 0 Å². The van der Waals surface area contributed by atoms with E-state index in [9.17, 15) is 9.50 Å². The van der Waals surface area contributed by atoms with Crippen LogP contribution in [0, 0.1) is 5.41 Å². The fraction of sp³-hybridized carbons (Fsp3) is 1.00. The minimum absolute atomic E-state index is 0.0647. The molecular formula is C9H18FNO. The van der Waals surface area contributed by atoms with Gasteiger partial charge in [0.25, 0.3) is 0 Å². The summed E-state index contributed by atoms with van der Waals surface area (Å²) in [6, 6.07) is 0.